The lowest BCUT2D eigenvalue weighted by atomic mass is 10.1. The molecule has 0 aliphatic heterocycles. The van der Waals surface area contributed by atoms with E-state index >= 15 is 0 Å². The Bertz CT molecular complexity index is 904. The van der Waals surface area contributed by atoms with Gasteiger partial charge in [0.1, 0.15) is 5.69 Å². The molecule has 0 aliphatic carbocycles. The molecule has 3 aromatic rings. The average Bonchev–Trinajstić information content (AvgIpc) is 2.66. The van der Waals surface area contributed by atoms with Crippen LogP contribution in [0.25, 0.3) is 0 Å². The Balaban J connectivity index is 1.78. The molecule has 0 aliphatic rings. The van der Waals surface area contributed by atoms with Crippen molar-refractivity contribution in [3.63, 3.8) is 0 Å². The van der Waals surface area contributed by atoms with Crippen molar-refractivity contribution >= 4 is 17.5 Å². The highest BCUT2D eigenvalue weighted by Gasteiger charge is 2.16. The zero-order valence-electron chi connectivity index (χ0n) is 15.9. The first-order chi connectivity index (χ1) is 13.0. The van der Waals surface area contributed by atoms with Gasteiger partial charge < -0.3 is 10.2 Å². The van der Waals surface area contributed by atoms with E-state index in [-0.39, 0.29) is 5.91 Å². The van der Waals surface area contributed by atoms with Gasteiger partial charge in [-0.25, -0.2) is 9.97 Å². The summed E-state index contributed by atoms with van der Waals surface area (Å²) in [6.07, 6.45) is 1.61. The number of aryl methyl sites for hydroxylation is 2. The zero-order chi connectivity index (χ0) is 19.2. The Morgan fingerprint density at radius 2 is 1.74 bits per heavy atom. The molecule has 27 heavy (non-hydrogen) atoms. The first kappa shape index (κ1) is 18.6. The highest BCUT2D eigenvalue weighted by molar-refractivity contribution is 5.92. The summed E-state index contributed by atoms with van der Waals surface area (Å²) in [6.45, 7) is 7.22. The van der Waals surface area contributed by atoms with E-state index < -0.39 is 0 Å². The Hall–Kier alpha value is -3.21. The van der Waals surface area contributed by atoms with Gasteiger partial charge in [-0.15, -0.1) is 0 Å². The summed E-state index contributed by atoms with van der Waals surface area (Å²) in [5.41, 5.74) is 4.70. The van der Waals surface area contributed by atoms with E-state index in [2.05, 4.69) is 21.4 Å². The lowest BCUT2D eigenvalue weighted by Crippen LogP contribution is -2.31. The first-order valence-electron chi connectivity index (χ1n) is 9.06. The molecular formula is C22H24N4O. The summed E-state index contributed by atoms with van der Waals surface area (Å²) in [5.74, 6) is 0.314. The Kier molecular flexibility index (Phi) is 5.81. The van der Waals surface area contributed by atoms with Gasteiger partial charge in [0.25, 0.3) is 5.91 Å². The number of nitrogens with one attached hydrogen (secondary N) is 1. The summed E-state index contributed by atoms with van der Waals surface area (Å²) in [4.78, 5) is 23.4. The fourth-order valence-corrected chi connectivity index (χ4v) is 3.01. The van der Waals surface area contributed by atoms with E-state index in [1.165, 1.54) is 0 Å². The van der Waals surface area contributed by atoms with Gasteiger partial charge in [0, 0.05) is 25.0 Å². The maximum absolute atomic E-state index is 12.9. The van der Waals surface area contributed by atoms with E-state index in [4.69, 9.17) is 0 Å². The third kappa shape index (κ3) is 4.91. The molecule has 5 nitrogen and oxygen atoms in total. The van der Waals surface area contributed by atoms with Gasteiger partial charge in [0.05, 0.1) is 0 Å². The van der Waals surface area contributed by atoms with Gasteiger partial charge in [0.2, 0.25) is 5.95 Å². The minimum atomic E-state index is -0.104. The fourth-order valence-electron chi connectivity index (χ4n) is 3.01. The molecular weight excluding hydrogens is 336 g/mol. The third-order valence-corrected chi connectivity index (χ3v) is 4.24. The molecule has 1 heterocycles. The van der Waals surface area contributed by atoms with Crippen LogP contribution in [0.15, 0.2) is 60.8 Å². The summed E-state index contributed by atoms with van der Waals surface area (Å²) in [5, 5.41) is 3.19. The normalized spacial score (nSPS) is 10.5. The SMILES string of the molecule is CCN(Cc1ccccc1)C(=O)c1ccnc(Nc2cc(C)cc(C)c2)n1. The molecule has 0 radical (unpaired) electrons. The predicted molar refractivity (Wildman–Crippen MR) is 108 cm³/mol. The number of anilines is 2. The van der Waals surface area contributed by atoms with Crippen LogP contribution in [0.2, 0.25) is 0 Å². The summed E-state index contributed by atoms with van der Waals surface area (Å²) in [6, 6.07) is 17.8. The number of hydrogen-bond donors (Lipinski definition) is 1. The van der Waals surface area contributed by atoms with Crippen molar-refractivity contribution in [2.24, 2.45) is 0 Å². The van der Waals surface area contributed by atoms with Crippen molar-refractivity contribution in [3.05, 3.63) is 83.2 Å². The second kappa shape index (κ2) is 8.45. The van der Waals surface area contributed by atoms with Crippen molar-refractivity contribution in [2.75, 3.05) is 11.9 Å². The smallest absolute Gasteiger partial charge is 0.272 e. The lowest BCUT2D eigenvalue weighted by Gasteiger charge is -2.20. The second-order valence-electron chi connectivity index (χ2n) is 6.57. The predicted octanol–water partition coefficient (Wildman–Crippen LogP) is 4.50. The topological polar surface area (TPSA) is 58.1 Å². The largest absolute Gasteiger partial charge is 0.333 e. The molecule has 1 N–H and O–H groups in total. The van der Waals surface area contributed by atoms with Crippen LogP contribution in [0.1, 0.15) is 34.1 Å². The van der Waals surface area contributed by atoms with Crippen LogP contribution < -0.4 is 5.32 Å². The standard InChI is InChI=1S/C22H24N4O/c1-4-26(15-18-8-6-5-7-9-18)21(27)20-10-11-23-22(25-20)24-19-13-16(2)12-17(3)14-19/h5-14H,4,15H2,1-3H3,(H,23,24,25). The number of carbonyl (C=O) groups excluding carboxylic acids is 1. The molecule has 2 aromatic carbocycles. The summed E-state index contributed by atoms with van der Waals surface area (Å²) in [7, 11) is 0. The molecule has 5 heteroatoms. The number of amides is 1. The van der Waals surface area contributed by atoms with Gasteiger partial charge >= 0.3 is 0 Å². The van der Waals surface area contributed by atoms with Crippen LogP contribution in [0.3, 0.4) is 0 Å². The molecule has 1 aromatic heterocycles. The van der Waals surface area contributed by atoms with Crippen molar-refractivity contribution < 1.29 is 4.79 Å². The Labute approximate surface area is 160 Å². The van der Waals surface area contributed by atoms with Gasteiger partial charge in [0.15, 0.2) is 0 Å². The van der Waals surface area contributed by atoms with Crippen LogP contribution in [0.4, 0.5) is 11.6 Å². The zero-order valence-corrected chi connectivity index (χ0v) is 15.9. The van der Waals surface area contributed by atoms with Gasteiger partial charge in [-0.2, -0.15) is 0 Å². The van der Waals surface area contributed by atoms with Crippen molar-refractivity contribution in [1.29, 1.82) is 0 Å². The fraction of sp³-hybridized carbons (Fsp3) is 0.227. The van der Waals surface area contributed by atoms with E-state index in [0.717, 1.165) is 22.4 Å². The van der Waals surface area contributed by atoms with E-state index in [9.17, 15) is 4.79 Å². The Morgan fingerprint density at radius 1 is 1.04 bits per heavy atom. The van der Waals surface area contributed by atoms with Crippen LogP contribution in [0.5, 0.6) is 0 Å². The highest BCUT2D eigenvalue weighted by atomic mass is 16.2. The van der Waals surface area contributed by atoms with Gasteiger partial charge in [-0.1, -0.05) is 36.4 Å². The molecule has 0 fully saturated rings. The van der Waals surface area contributed by atoms with Crippen LogP contribution >= 0.6 is 0 Å². The average molecular weight is 360 g/mol. The molecule has 0 atom stereocenters. The Morgan fingerprint density at radius 3 is 2.41 bits per heavy atom. The lowest BCUT2D eigenvalue weighted by molar-refractivity contribution is 0.0746. The molecule has 0 spiro atoms. The summed E-state index contributed by atoms with van der Waals surface area (Å²) >= 11 is 0. The number of benzene rings is 2. The van der Waals surface area contributed by atoms with E-state index in [1.54, 1.807) is 17.2 Å². The van der Waals surface area contributed by atoms with E-state index in [0.29, 0.717) is 24.7 Å². The number of hydrogen-bond acceptors (Lipinski definition) is 4. The number of carbonyl (C=O) groups is 1. The monoisotopic (exact) mass is 360 g/mol. The molecule has 3 rings (SSSR count). The number of rotatable bonds is 6. The quantitative estimate of drug-likeness (QED) is 0.703. The maximum Gasteiger partial charge on any atom is 0.272 e. The van der Waals surface area contributed by atoms with Crippen molar-refractivity contribution in [1.82, 2.24) is 14.9 Å². The van der Waals surface area contributed by atoms with Crippen LogP contribution in [-0.2, 0) is 6.54 Å². The van der Waals surface area contributed by atoms with E-state index in [1.807, 2.05) is 63.2 Å². The second-order valence-corrected chi connectivity index (χ2v) is 6.57. The number of nitrogens with zero attached hydrogens (tertiary/aromatic N) is 3. The maximum atomic E-state index is 12.9. The molecule has 138 valence electrons. The molecule has 0 unspecified atom stereocenters. The van der Waals surface area contributed by atoms with Gasteiger partial charge in [-0.05, 0) is 55.7 Å². The van der Waals surface area contributed by atoms with Crippen LogP contribution in [-0.4, -0.2) is 27.3 Å². The summed E-state index contributed by atoms with van der Waals surface area (Å²) < 4.78 is 0. The van der Waals surface area contributed by atoms with Crippen molar-refractivity contribution in [3.8, 4) is 0 Å². The molecule has 0 saturated carbocycles. The minimum absolute atomic E-state index is 0.104. The third-order valence-electron chi connectivity index (χ3n) is 4.24. The number of aromatic nitrogens is 2. The molecule has 0 saturated heterocycles. The van der Waals surface area contributed by atoms with Crippen molar-refractivity contribution in [2.45, 2.75) is 27.3 Å². The minimum Gasteiger partial charge on any atom is -0.333 e. The first-order valence-corrected chi connectivity index (χ1v) is 9.06. The highest BCUT2D eigenvalue weighted by Crippen LogP contribution is 2.17. The van der Waals surface area contributed by atoms with Gasteiger partial charge in [-0.3, -0.25) is 4.79 Å². The molecule has 1 amide bonds. The molecule has 0 bridgehead atoms. The van der Waals surface area contributed by atoms with Crippen LogP contribution in [0, 0.1) is 13.8 Å².